The van der Waals surface area contributed by atoms with E-state index in [1.807, 2.05) is 6.07 Å². The molecule has 0 aliphatic carbocycles. The zero-order valence-corrected chi connectivity index (χ0v) is 14.5. The fraction of sp³-hybridized carbons (Fsp3) is 0.158. The average Bonchev–Trinajstić information content (AvgIpc) is 3.30. The van der Waals surface area contributed by atoms with Crippen molar-refractivity contribution in [2.24, 2.45) is 0 Å². The SMILES string of the molecule is N#Cc1cnc2ccc(-c3c(-c4ccccc4CO)ncn3CC(F)F)nn12. The molecule has 7 nitrogen and oxygen atoms in total. The van der Waals surface area contributed by atoms with Crippen LogP contribution in [0.1, 0.15) is 11.3 Å². The summed E-state index contributed by atoms with van der Waals surface area (Å²) in [6, 6.07) is 12.4. The van der Waals surface area contributed by atoms with Crippen LogP contribution in [0.15, 0.2) is 48.9 Å². The van der Waals surface area contributed by atoms with Crippen LogP contribution in [0.4, 0.5) is 8.78 Å². The van der Waals surface area contributed by atoms with Crippen LogP contribution in [0.5, 0.6) is 0 Å². The molecule has 140 valence electrons. The second kappa shape index (κ2) is 7.17. The van der Waals surface area contributed by atoms with Crippen molar-refractivity contribution in [2.75, 3.05) is 0 Å². The minimum Gasteiger partial charge on any atom is -0.392 e. The topological polar surface area (TPSA) is 92.0 Å². The number of nitriles is 1. The smallest absolute Gasteiger partial charge is 0.256 e. The van der Waals surface area contributed by atoms with E-state index in [0.29, 0.717) is 33.9 Å². The third kappa shape index (κ3) is 3.00. The number of alkyl halides is 2. The fourth-order valence-electron chi connectivity index (χ4n) is 3.10. The first-order chi connectivity index (χ1) is 13.6. The Morgan fingerprint density at radius 3 is 2.71 bits per heavy atom. The first-order valence-corrected chi connectivity index (χ1v) is 8.40. The molecular weight excluding hydrogens is 366 g/mol. The van der Waals surface area contributed by atoms with E-state index in [2.05, 4.69) is 15.1 Å². The molecule has 1 aromatic carbocycles. The molecule has 0 saturated heterocycles. The van der Waals surface area contributed by atoms with E-state index in [0.717, 1.165) is 0 Å². The number of hydrogen-bond acceptors (Lipinski definition) is 5. The van der Waals surface area contributed by atoms with Crippen molar-refractivity contribution in [3.63, 3.8) is 0 Å². The van der Waals surface area contributed by atoms with Gasteiger partial charge in [-0.15, -0.1) is 0 Å². The van der Waals surface area contributed by atoms with Gasteiger partial charge in [0.15, 0.2) is 11.3 Å². The second-order valence-electron chi connectivity index (χ2n) is 6.04. The fourth-order valence-corrected chi connectivity index (χ4v) is 3.10. The Labute approximate surface area is 158 Å². The third-order valence-electron chi connectivity index (χ3n) is 4.33. The van der Waals surface area contributed by atoms with Crippen LogP contribution in [0.2, 0.25) is 0 Å². The summed E-state index contributed by atoms with van der Waals surface area (Å²) in [4.78, 5) is 8.42. The van der Waals surface area contributed by atoms with Crippen molar-refractivity contribution in [2.45, 2.75) is 19.6 Å². The van der Waals surface area contributed by atoms with Gasteiger partial charge in [0.25, 0.3) is 6.43 Å². The lowest BCUT2D eigenvalue weighted by Gasteiger charge is -2.11. The van der Waals surface area contributed by atoms with Gasteiger partial charge in [0.1, 0.15) is 11.8 Å². The lowest BCUT2D eigenvalue weighted by molar-refractivity contribution is 0.127. The van der Waals surface area contributed by atoms with Crippen LogP contribution in [0, 0.1) is 11.3 Å². The second-order valence-corrected chi connectivity index (χ2v) is 6.04. The molecule has 3 aromatic heterocycles. The quantitative estimate of drug-likeness (QED) is 0.575. The standard InChI is InChI=1S/C19H14F2N6O/c20-16(21)9-26-11-24-18(14-4-2-1-3-12(14)10-28)19(26)15-5-6-17-23-8-13(7-22)27(17)25-15/h1-6,8,11,16,28H,9-10H2. The molecule has 0 fully saturated rings. The zero-order chi connectivity index (χ0) is 19.7. The number of aliphatic hydroxyl groups excluding tert-OH is 1. The summed E-state index contributed by atoms with van der Waals surface area (Å²) in [6.45, 7) is -0.776. The Morgan fingerprint density at radius 2 is 1.96 bits per heavy atom. The largest absolute Gasteiger partial charge is 0.392 e. The molecule has 0 radical (unpaired) electrons. The Hall–Kier alpha value is -3.64. The molecule has 0 atom stereocenters. The van der Waals surface area contributed by atoms with E-state index in [1.165, 1.54) is 21.6 Å². The summed E-state index contributed by atoms with van der Waals surface area (Å²) >= 11 is 0. The third-order valence-corrected chi connectivity index (χ3v) is 4.33. The number of benzene rings is 1. The van der Waals surface area contributed by atoms with Gasteiger partial charge in [-0.1, -0.05) is 24.3 Å². The molecule has 3 heterocycles. The highest BCUT2D eigenvalue weighted by Gasteiger charge is 2.21. The molecule has 28 heavy (non-hydrogen) atoms. The van der Waals surface area contributed by atoms with Crippen molar-refractivity contribution in [1.29, 1.82) is 5.26 Å². The average molecular weight is 380 g/mol. The van der Waals surface area contributed by atoms with Gasteiger partial charge in [-0.2, -0.15) is 10.4 Å². The van der Waals surface area contributed by atoms with Crippen molar-refractivity contribution in [1.82, 2.24) is 24.1 Å². The van der Waals surface area contributed by atoms with Gasteiger partial charge >= 0.3 is 0 Å². The molecular formula is C19H14F2N6O. The Bertz CT molecular complexity index is 1190. The summed E-state index contributed by atoms with van der Waals surface area (Å²) in [5.74, 6) is 0. The van der Waals surface area contributed by atoms with Gasteiger partial charge in [0.2, 0.25) is 0 Å². The number of imidazole rings is 2. The minimum absolute atomic E-state index is 0.218. The highest BCUT2D eigenvalue weighted by atomic mass is 19.3. The van der Waals surface area contributed by atoms with Gasteiger partial charge in [-0.05, 0) is 17.7 Å². The number of rotatable bonds is 5. The van der Waals surface area contributed by atoms with Crippen LogP contribution >= 0.6 is 0 Å². The molecule has 0 aliphatic heterocycles. The van der Waals surface area contributed by atoms with Crippen molar-refractivity contribution < 1.29 is 13.9 Å². The Morgan fingerprint density at radius 1 is 1.14 bits per heavy atom. The molecule has 4 rings (SSSR count). The number of nitrogens with zero attached hydrogens (tertiary/aromatic N) is 6. The highest BCUT2D eigenvalue weighted by Crippen LogP contribution is 2.33. The predicted octanol–water partition coefficient (Wildman–Crippen LogP) is 2.89. The van der Waals surface area contributed by atoms with Gasteiger partial charge in [0, 0.05) is 5.56 Å². The van der Waals surface area contributed by atoms with Crippen LogP contribution in [0.3, 0.4) is 0 Å². The summed E-state index contributed by atoms with van der Waals surface area (Å²) in [6.07, 6.45) is 0.140. The molecule has 0 amide bonds. The van der Waals surface area contributed by atoms with Crippen LogP contribution in [-0.2, 0) is 13.2 Å². The first-order valence-electron chi connectivity index (χ1n) is 8.40. The lowest BCUT2D eigenvalue weighted by atomic mass is 10.0. The summed E-state index contributed by atoms with van der Waals surface area (Å²) in [5, 5.41) is 23.3. The highest BCUT2D eigenvalue weighted by molar-refractivity contribution is 5.79. The maximum atomic E-state index is 13.1. The minimum atomic E-state index is -2.58. The molecule has 0 spiro atoms. The molecule has 0 aliphatic rings. The van der Waals surface area contributed by atoms with E-state index in [4.69, 9.17) is 0 Å². The number of aromatic nitrogens is 5. The number of hydrogen-bond donors (Lipinski definition) is 1. The summed E-state index contributed by atoms with van der Waals surface area (Å²) in [7, 11) is 0. The molecule has 0 unspecified atom stereocenters. The summed E-state index contributed by atoms with van der Waals surface area (Å²) < 4.78 is 28.9. The predicted molar refractivity (Wildman–Crippen MR) is 96.3 cm³/mol. The Kier molecular flexibility index (Phi) is 4.55. The number of aliphatic hydroxyl groups is 1. The molecule has 0 bridgehead atoms. The molecule has 1 N–H and O–H groups in total. The van der Waals surface area contributed by atoms with E-state index in [1.54, 1.807) is 36.4 Å². The monoisotopic (exact) mass is 380 g/mol. The van der Waals surface area contributed by atoms with Gasteiger partial charge in [0.05, 0.1) is 37.1 Å². The normalized spacial score (nSPS) is 11.2. The van der Waals surface area contributed by atoms with E-state index in [-0.39, 0.29) is 12.3 Å². The molecule has 9 heteroatoms. The van der Waals surface area contributed by atoms with Gasteiger partial charge in [-0.3, -0.25) is 0 Å². The Balaban J connectivity index is 1.96. The summed E-state index contributed by atoms with van der Waals surface area (Å²) in [5.41, 5.74) is 3.11. The van der Waals surface area contributed by atoms with Gasteiger partial charge in [-0.25, -0.2) is 23.3 Å². The van der Waals surface area contributed by atoms with E-state index < -0.39 is 13.0 Å². The molecule has 0 saturated carbocycles. The molecule has 4 aromatic rings. The van der Waals surface area contributed by atoms with E-state index in [9.17, 15) is 19.1 Å². The van der Waals surface area contributed by atoms with Crippen molar-refractivity contribution in [3.8, 4) is 28.7 Å². The first kappa shape index (κ1) is 17.8. The zero-order valence-electron chi connectivity index (χ0n) is 14.5. The van der Waals surface area contributed by atoms with Crippen molar-refractivity contribution >= 4 is 5.65 Å². The lowest BCUT2D eigenvalue weighted by Crippen LogP contribution is -2.09. The number of halogens is 2. The van der Waals surface area contributed by atoms with Crippen molar-refractivity contribution in [3.05, 3.63) is 60.2 Å². The van der Waals surface area contributed by atoms with Crippen LogP contribution in [-0.4, -0.2) is 35.7 Å². The maximum Gasteiger partial charge on any atom is 0.256 e. The number of fused-ring (bicyclic) bond motifs is 1. The van der Waals surface area contributed by atoms with E-state index >= 15 is 0 Å². The van der Waals surface area contributed by atoms with Crippen LogP contribution < -0.4 is 0 Å². The van der Waals surface area contributed by atoms with Crippen LogP contribution in [0.25, 0.3) is 28.3 Å². The van der Waals surface area contributed by atoms with Gasteiger partial charge < -0.3 is 9.67 Å². The maximum absolute atomic E-state index is 13.1.